The van der Waals surface area contributed by atoms with Gasteiger partial charge < -0.3 is 9.64 Å². The summed E-state index contributed by atoms with van der Waals surface area (Å²) in [4.78, 5) is 24.6. The summed E-state index contributed by atoms with van der Waals surface area (Å²) in [5.41, 5.74) is -0.441. The molecule has 0 aromatic heterocycles. The van der Waals surface area contributed by atoms with Crippen molar-refractivity contribution in [1.82, 2.24) is 4.90 Å². The molecule has 90 valence electrons. The van der Waals surface area contributed by atoms with Gasteiger partial charge in [-0.05, 0) is 39.5 Å². The second-order valence-electron chi connectivity index (χ2n) is 5.85. The summed E-state index contributed by atoms with van der Waals surface area (Å²) in [6, 6.07) is 0. The summed E-state index contributed by atoms with van der Waals surface area (Å²) in [6.45, 7) is 8.59. The Kier molecular flexibility index (Phi) is 2.48. The van der Waals surface area contributed by atoms with Gasteiger partial charge in [-0.3, -0.25) is 4.79 Å². The minimum atomic E-state index is -0.441. The van der Waals surface area contributed by atoms with Crippen molar-refractivity contribution in [2.45, 2.75) is 33.3 Å². The average molecular weight is 225 g/mol. The van der Waals surface area contributed by atoms with Crippen LogP contribution in [-0.2, 0) is 9.53 Å². The Morgan fingerprint density at radius 3 is 2.06 bits per heavy atom. The minimum absolute atomic E-state index is 0.207. The molecule has 2 fully saturated rings. The molecule has 0 aromatic carbocycles. The van der Waals surface area contributed by atoms with Crippen molar-refractivity contribution in [2.75, 3.05) is 13.1 Å². The van der Waals surface area contributed by atoms with Crippen molar-refractivity contribution < 1.29 is 14.3 Å². The third kappa shape index (κ3) is 2.06. The average Bonchev–Trinajstić information content (AvgIpc) is 2.60. The molecule has 0 bridgehead atoms. The lowest BCUT2D eigenvalue weighted by atomic mass is 10.2. The van der Waals surface area contributed by atoms with Crippen LogP contribution in [0.25, 0.3) is 0 Å². The smallest absolute Gasteiger partial charge is 0.410 e. The van der Waals surface area contributed by atoms with Crippen LogP contribution in [0.2, 0.25) is 0 Å². The monoisotopic (exact) mass is 225 g/mol. The van der Waals surface area contributed by atoms with Crippen molar-refractivity contribution in [3.8, 4) is 0 Å². The van der Waals surface area contributed by atoms with E-state index < -0.39 is 5.60 Å². The fourth-order valence-corrected chi connectivity index (χ4v) is 2.60. The molecule has 4 nitrogen and oxygen atoms in total. The molecule has 2 rings (SSSR count). The predicted octanol–water partition coefficient (Wildman–Crippen LogP) is 1.69. The zero-order valence-electron chi connectivity index (χ0n) is 10.3. The van der Waals surface area contributed by atoms with Gasteiger partial charge in [0.25, 0.3) is 0 Å². The van der Waals surface area contributed by atoms with Gasteiger partial charge in [-0.2, -0.15) is 0 Å². The first-order valence-electron chi connectivity index (χ1n) is 5.78. The van der Waals surface area contributed by atoms with Crippen molar-refractivity contribution in [2.24, 2.45) is 17.8 Å². The molecule has 1 heterocycles. The first kappa shape index (κ1) is 11.4. The van der Waals surface area contributed by atoms with Gasteiger partial charge in [0.05, 0.1) is 0 Å². The number of ether oxygens (including phenoxy) is 1. The number of nitrogens with zero attached hydrogens (tertiary/aromatic N) is 1. The molecule has 1 amide bonds. The Labute approximate surface area is 95.9 Å². The Bertz CT molecular complexity index is 320. The van der Waals surface area contributed by atoms with Crippen LogP contribution in [-0.4, -0.2) is 35.5 Å². The van der Waals surface area contributed by atoms with E-state index in [0.29, 0.717) is 24.9 Å². The molecule has 1 saturated heterocycles. The van der Waals surface area contributed by atoms with E-state index in [2.05, 4.69) is 0 Å². The number of rotatable bonds is 1. The van der Waals surface area contributed by atoms with E-state index in [4.69, 9.17) is 4.74 Å². The maximum Gasteiger partial charge on any atom is 0.410 e. The van der Waals surface area contributed by atoms with Gasteiger partial charge in [-0.15, -0.1) is 0 Å². The number of likely N-dealkylation sites (tertiary alicyclic amines) is 1. The quantitative estimate of drug-likeness (QED) is 0.682. The van der Waals surface area contributed by atoms with Crippen molar-refractivity contribution >= 4 is 11.9 Å². The Hall–Kier alpha value is -1.06. The largest absolute Gasteiger partial charge is 0.444 e. The van der Waals surface area contributed by atoms with Crippen molar-refractivity contribution in [3.05, 3.63) is 0 Å². The van der Waals surface area contributed by atoms with E-state index >= 15 is 0 Å². The maximum atomic E-state index is 11.7. The first-order valence-corrected chi connectivity index (χ1v) is 5.78. The molecule has 0 spiro atoms. The highest BCUT2D eigenvalue weighted by Crippen LogP contribution is 2.52. The topological polar surface area (TPSA) is 46.6 Å². The van der Waals surface area contributed by atoms with E-state index in [0.717, 1.165) is 0 Å². The van der Waals surface area contributed by atoms with E-state index in [1.807, 2.05) is 20.8 Å². The molecular weight excluding hydrogens is 206 g/mol. The number of amides is 1. The molecule has 0 radical (unpaired) electrons. The summed E-state index contributed by atoms with van der Waals surface area (Å²) in [7, 11) is 0. The second-order valence-corrected chi connectivity index (χ2v) is 5.85. The number of carbonyl (C=O) groups excluding carboxylic acids is 2. The van der Waals surface area contributed by atoms with Gasteiger partial charge in [0, 0.05) is 19.0 Å². The number of Topliss-reactive ketones (excluding diaryl/α,β-unsaturated/α-hetero) is 1. The van der Waals surface area contributed by atoms with Crippen molar-refractivity contribution in [3.63, 3.8) is 0 Å². The molecular formula is C12H19NO3. The third-order valence-electron chi connectivity index (χ3n) is 3.32. The molecule has 1 aliphatic carbocycles. The molecule has 1 aliphatic heterocycles. The van der Waals surface area contributed by atoms with Gasteiger partial charge in [0.1, 0.15) is 11.4 Å². The molecule has 16 heavy (non-hydrogen) atoms. The zero-order valence-corrected chi connectivity index (χ0v) is 10.3. The number of piperidine rings is 1. The molecule has 0 N–H and O–H groups in total. The third-order valence-corrected chi connectivity index (χ3v) is 3.32. The molecule has 0 aromatic rings. The van der Waals surface area contributed by atoms with Crippen LogP contribution in [0.4, 0.5) is 4.79 Å². The first-order chi connectivity index (χ1) is 7.29. The van der Waals surface area contributed by atoms with E-state index in [9.17, 15) is 9.59 Å². The molecule has 1 saturated carbocycles. The molecule has 0 unspecified atom stereocenters. The summed E-state index contributed by atoms with van der Waals surface area (Å²) in [6.07, 6.45) is -0.248. The SMILES string of the molecule is CC(=O)[C@@H]1[C@@H]2CN(C(=O)OC(C)(C)C)C[C@@H]21. The van der Waals surface area contributed by atoms with Gasteiger partial charge in [-0.1, -0.05) is 0 Å². The minimum Gasteiger partial charge on any atom is -0.444 e. The zero-order chi connectivity index (χ0) is 12.1. The highest BCUT2D eigenvalue weighted by molar-refractivity contribution is 5.83. The molecule has 4 heteroatoms. The Balaban J connectivity index is 1.85. The Morgan fingerprint density at radius 1 is 1.19 bits per heavy atom. The normalized spacial score (nSPS) is 32.2. The van der Waals surface area contributed by atoms with Crippen LogP contribution in [0, 0.1) is 17.8 Å². The number of hydrogen-bond donors (Lipinski definition) is 0. The highest BCUT2D eigenvalue weighted by Gasteiger charge is 2.59. The highest BCUT2D eigenvalue weighted by atomic mass is 16.6. The number of fused-ring (bicyclic) bond motifs is 1. The van der Waals surface area contributed by atoms with Crippen LogP contribution in [0.3, 0.4) is 0 Å². The van der Waals surface area contributed by atoms with E-state index in [-0.39, 0.29) is 17.8 Å². The van der Waals surface area contributed by atoms with E-state index in [1.165, 1.54) is 0 Å². The van der Waals surface area contributed by atoms with Gasteiger partial charge in [-0.25, -0.2) is 4.79 Å². The van der Waals surface area contributed by atoms with Gasteiger partial charge in [0.2, 0.25) is 0 Å². The standard InChI is InChI=1S/C12H19NO3/c1-7(14)10-8-5-13(6-9(8)10)11(15)16-12(2,3)4/h8-10H,5-6H2,1-4H3/t8-,9+,10-. The lowest BCUT2D eigenvalue weighted by molar-refractivity contribution is -0.119. The van der Waals surface area contributed by atoms with Crippen LogP contribution in [0.1, 0.15) is 27.7 Å². The van der Waals surface area contributed by atoms with E-state index in [1.54, 1.807) is 11.8 Å². The fraction of sp³-hybridized carbons (Fsp3) is 0.833. The van der Waals surface area contributed by atoms with Gasteiger partial charge in [0.15, 0.2) is 0 Å². The number of ketones is 1. The van der Waals surface area contributed by atoms with Crippen LogP contribution >= 0.6 is 0 Å². The van der Waals surface area contributed by atoms with Gasteiger partial charge >= 0.3 is 6.09 Å². The summed E-state index contributed by atoms with van der Waals surface area (Å²) in [5.74, 6) is 1.26. The van der Waals surface area contributed by atoms with Crippen LogP contribution < -0.4 is 0 Å². The number of hydrogen-bond acceptors (Lipinski definition) is 3. The second kappa shape index (κ2) is 3.47. The number of carbonyl (C=O) groups is 2. The molecule has 3 atom stereocenters. The summed E-state index contributed by atoms with van der Waals surface area (Å²) in [5, 5.41) is 0. The molecule has 2 aliphatic rings. The van der Waals surface area contributed by atoms with Crippen LogP contribution in [0.15, 0.2) is 0 Å². The summed E-state index contributed by atoms with van der Waals surface area (Å²) >= 11 is 0. The van der Waals surface area contributed by atoms with Crippen LogP contribution in [0.5, 0.6) is 0 Å². The fourth-order valence-electron chi connectivity index (χ4n) is 2.60. The van der Waals surface area contributed by atoms with Crippen molar-refractivity contribution in [1.29, 1.82) is 0 Å². The Morgan fingerprint density at radius 2 is 1.69 bits per heavy atom. The lowest BCUT2D eigenvalue weighted by Crippen LogP contribution is -2.37. The predicted molar refractivity (Wildman–Crippen MR) is 59.0 cm³/mol. The maximum absolute atomic E-state index is 11.7. The summed E-state index contributed by atoms with van der Waals surface area (Å²) < 4.78 is 5.29. The lowest BCUT2D eigenvalue weighted by Gasteiger charge is -2.25.